The summed E-state index contributed by atoms with van der Waals surface area (Å²) >= 11 is 18.0. The molecule has 0 aliphatic carbocycles. The van der Waals surface area contributed by atoms with E-state index in [2.05, 4.69) is 10.4 Å². The molecule has 2 rings (SSSR count). The Kier molecular flexibility index (Phi) is 5.11. The van der Waals surface area contributed by atoms with E-state index in [1.807, 2.05) is 0 Å². The summed E-state index contributed by atoms with van der Waals surface area (Å²) in [5, 5.41) is 7.57. The Labute approximate surface area is 142 Å². The van der Waals surface area contributed by atoms with E-state index in [1.54, 1.807) is 24.4 Å². The number of amides is 1. The van der Waals surface area contributed by atoms with Gasteiger partial charge in [0.2, 0.25) is 5.91 Å². The Balaban J connectivity index is 2.24. The molecule has 0 spiro atoms. The van der Waals surface area contributed by atoms with Crippen LogP contribution in [0.15, 0.2) is 24.4 Å². The number of anilines is 1. The minimum atomic E-state index is -0.737. The number of nitrogens with one attached hydrogen (secondary N) is 1. The maximum absolute atomic E-state index is 11.8. The molecule has 0 saturated heterocycles. The van der Waals surface area contributed by atoms with Crippen LogP contribution >= 0.6 is 34.8 Å². The highest BCUT2D eigenvalue weighted by atomic mass is 35.5. The lowest BCUT2D eigenvalue weighted by Crippen LogP contribution is -2.25. The molecular formula is C14H12Cl3N3O2. The van der Waals surface area contributed by atoms with Gasteiger partial charge in [0.05, 0.1) is 26.7 Å². The molecule has 1 aromatic carbocycles. The highest BCUT2D eigenvalue weighted by Crippen LogP contribution is 2.34. The fraction of sp³-hybridized carbons (Fsp3) is 0.214. The van der Waals surface area contributed by atoms with E-state index in [0.717, 1.165) is 0 Å². The predicted octanol–water partition coefficient (Wildman–Crippen LogP) is 4.00. The van der Waals surface area contributed by atoms with E-state index in [1.165, 1.54) is 18.5 Å². The van der Waals surface area contributed by atoms with Crippen molar-refractivity contribution in [3.8, 4) is 5.69 Å². The van der Waals surface area contributed by atoms with Gasteiger partial charge in [-0.1, -0.05) is 34.8 Å². The Hall–Kier alpha value is -1.56. The molecule has 0 bridgehead atoms. The predicted molar refractivity (Wildman–Crippen MR) is 87.1 cm³/mol. The molecule has 0 radical (unpaired) electrons. The number of rotatable bonds is 4. The quantitative estimate of drug-likeness (QED) is 0.662. The Morgan fingerprint density at radius 1 is 1.18 bits per heavy atom. The molecule has 2 aromatic rings. The molecule has 1 N–H and O–H groups in total. The van der Waals surface area contributed by atoms with Gasteiger partial charge in [-0.05, 0) is 26.0 Å². The van der Waals surface area contributed by atoms with Gasteiger partial charge < -0.3 is 5.32 Å². The Morgan fingerprint density at radius 3 is 2.50 bits per heavy atom. The molecule has 0 saturated carbocycles. The molecule has 1 atom stereocenters. The van der Waals surface area contributed by atoms with Crippen molar-refractivity contribution < 1.29 is 9.59 Å². The molecule has 8 heteroatoms. The van der Waals surface area contributed by atoms with Crippen LogP contribution in [0.4, 0.5) is 5.82 Å². The number of hydrogen-bond acceptors (Lipinski definition) is 3. The standard InChI is InChI=1S/C14H12Cl3N3O2/c1-7(8(2)21)14(22)18-11-5-6-20(19-11)10-4-3-9(15)12(16)13(10)17/h3-7H,1-2H3,(H,18,19,22). The number of nitrogens with zero attached hydrogens (tertiary/aromatic N) is 2. The maximum atomic E-state index is 11.8. The maximum Gasteiger partial charge on any atom is 0.235 e. The Morgan fingerprint density at radius 2 is 1.86 bits per heavy atom. The molecule has 22 heavy (non-hydrogen) atoms. The number of Topliss-reactive ketones (excluding diaryl/α,β-unsaturated/α-hetero) is 1. The molecule has 1 amide bonds. The van der Waals surface area contributed by atoms with Crippen LogP contribution in [-0.2, 0) is 9.59 Å². The second-order valence-corrected chi connectivity index (χ2v) is 5.82. The van der Waals surface area contributed by atoms with Gasteiger partial charge in [0.25, 0.3) is 0 Å². The molecule has 0 fully saturated rings. The highest BCUT2D eigenvalue weighted by molar-refractivity contribution is 6.48. The van der Waals surface area contributed by atoms with Crippen molar-refractivity contribution in [2.75, 3.05) is 5.32 Å². The first-order valence-electron chi connectivity index (χ1n) is 6.32. The molecule has 116 valence electrons. The van der Waals surface area contributed by atoms with Crippen molar-refractivity contribution in [2.45, 2.75) is 13.8 Å². The lowest BCUT2D eigenvalue weighted by molar-refractivity contribution is -0.129. The summed E-state index contributed by atoms with van der Waals surface area (Å²) in [7, 11) is 0. The number of carbonyl (C=O) groups is 2. The third kappa shape index (κ3) is 3.43. The van der Waals surface area contributed by atoms with Crippen LogP contribution in [-0.4, -0.2) is 21.5 Å². The van der Waals surface area contributed by atoms with Crippen molar-refractivity contribution in [2.24, 2.45) is 5.92 Å². The normalized spacial score (nSPS) is 12.0. The Bertz CT molecular complexity index is 743. The zero-order valence-electron chi connectivity index (χ0n) is 11.7. The van der Waals surface area contributed by atoms with E-state index in [4.69, 9.17) is 34.8 Å². The van der Waals surface area contributed by atoms with Gasteiger partial charge in [-0.15, -0.1) is 0 Å². The van der Waals surface area contributed by atoms with Gasteiger partial charge in [0.1, 0.15) is 5.78 Å². The van der Waals surface area contributed by atoms with Crippen molar-refractivity contribution in [1.82, 2.24) is 9.78 Å². The zero-order chi connectivity index (χ0) is 16.4. The second-order valence-electron chi connectivity index (χ2n) is 4.66. The van der Waals surface area contributed by atoms with Crippen LogP contribution < -0.4 is 5.32 Å². The topological polar surface area (TPSA) is 64.0 Å². The first-order chi connectivity index (χ1) is 10.3. The summed E-state index contributed by atoms with van der Waals surface area (Å²) in [6.45, 7) is 2.89. The lowest BCUT2D eigenvalue weighted by atomic mass is 10.1. The monoisotopic (exact) mass is 359 g/mol. The lowest BCUT2D eigenvalue weighted by Gasteiger charge is -2.08. The molecule has 1 aromatic heterocycles. The van der Waals surface area contributed by atoms with Crippen LogP contribution in [0.5, 0.6) is 0 Å². The second kappa shape index (κ2) is 6.69. The number of carbonyl (C=O) groups excluding carboxylic acids is 2. The minimum absolute atomic E-state index is 0.218. The fourth-order valence-electron chi connectivity index (χ4n) is 1.64. The SMILES string of the molecule is CC(=O)C(C)C(=O)Nc1ccn(-c2ccc(Cl)c(Cl)c2Cl)n1. The summed E-state index contributed by atoms with van der Waals surface area (Å²) in [6, 6.07) is 4.85. The molecule has 1 unspecified atom stereocenters. The van der Waals surface area contributed by atoms with Crippen molar-refractivity contribution >= 4 is 52.3 Å². The third-order valence-corrected chi connectivity index (χ3v) is 4.39. The number of hydrogen-bond donors (Lipinski definition) is 1. The summed E-state index contributed by atoms with van der Waals surface area (Å²) in [5.74, 6) is -1.07. The smallest absolute Gasteiger partial charge is 0.235 e. The van der Waals surface area contributed by atoms with Crippen LogP contribution in [0.2, 0.25) is 15.1 Å². The number of aromatic nitrogens is 2. The summed E-state index contributed by atoms with van der Waals surface area (Å²) in [4.78, 5) is 23.0. The van der Waals surface area contributed by atoms with E-state index in [0.29, 0.717) is 16.5 Å². The number of ketones is 1. The highest BCUT2D eigenvalue weighted by Gasteiger charge is 2.18. The van der Waals surface area contributed by atoms with Gasteiger partial charge in [0.15, 0.2) is 5.82 Å². The van der Waals surface area contributed by atoms with Crippen molar-refractivity contribution in [1.29, 1.82) is 0 Å². The average molecular weight is 361 g/mol. The molecule has 0 aliphatic heterocycles. The molecular weight excluding hydrogens is 349 g/mol. The molecule has 5 nitrogen and oxygen atoms in total. The average Bonchev–Trinajstić information content (AvgIpc) is 2.92. The van der Waals surface area contributed by atoms with Crippen LogP contribution in [0.25, 0.3) is 5.69 Å². The minimum Gasteiger partial charge on any atom is -0.309 e. The number of halogens is 3. The molecule has 0 aliphatic rings. The van der Waals surface area contributed by atoms with Gasteiger partial charge in [-0.2, -0.15) is 5.10 Å². The summed E-state index contributed by atoms with van der Waals surface area (Å²) < 4.78 is 1.46. The fourth-order valence-corrected chi connectivity index (χ4v) is 2.25. The van der Waals surface area contributed by atoms with Gasteiger partial charge in [0, 0.05) is 12.3 Å². The van der Waals surface area contributed by atoms with Gasteiger partial charge in [-0.25, -0.2) is 4.68 Å². The van der Waals surface area contributed by atoms with Crippen LogP contribution in [0.3, 0.4) is 0 Å². The van der Waals surface area contributed by atoms with Crippen molar-refractivity contribution in [3.63, 3.8) is 0 Å². The summed E-state index contributed by atoms with van der Waals surface area (Å²) in [6.07, 6.45) is 1.61. The first kappa shape index (κ1) is 16.8. The molecule has 1 heterocycles. The van der Waals surface area contributed by atoms with Gasteiger partial charge >= 0.3 is 0 Å². The van der Waals surface area contributed by atoms with E-state index >= 15 is 0 Å². The summed E-state index contributed by atoms with van der Waals surface area (Å²) in [5.41, 5.74) is 0.524. The van der Waals surface area contributed by atoms with Gasteiger partial charge in [-0.3, -0.25) is 9.59 Å². The van der Waals surface area contributed by atoms with Crippen LogP contribution in [0.1, 0.15) is 13.8 Å². The number of benzene rings is 1. The first-order valence-corrected chi connectivity index (χ1v) is 7.45. The third-order valence-electron chi connectivity index (χ3n) is 3.11. The largest absolute Gasteiger partial charge is 0.309 e. The van der Waals surface area contributed by atoms with Crippen LogP contribution in [0, 0.1) is 5.92 Å². The van der Waals surface area contributed by atoms with E-state index in [-0.39, 0.29) is 15.8 Å². The van der Waals surface area contributed by atoms with Crippen molar-refractivity contribution in [3.05, 3.63) is 39.5 Å². The van der Waals surface area contributed by atoms with E-state index < -0.39 is 11.8 Å². The zero-order valence-corrected chi connectivity index (χ0v) is 14.0. The van der Waals surface area contributed by atoms with E-state index in [9.17, 15) is 9.59 Å².